The lowest BCUT2D eigenvalue weighted by atomic mass is 10.1. The lowest BCUT2D eigenvalue weighted by molar-refractivity contribution is -0.139. The first-order chi connectivity index (χ1) is 8.58. The highest BCUT2D eigenvalue weighted by atomic mass is 16.5. The molecule has 0 atom stereocenters. The Balaban J connectivity index is 2.81. The van der Waals surface area contributed by atoms with Gasteiger partial charge in [0.25, 0.3) is 0 Å². The molecule has 0 heterocycles. The number of carbonyl (C=O) groups is 2. The highest BCUT2D eigenvalue weighted by Crippen LogP contribution is 2.13. The molecule has 1 aromatic carbocycles. The van der Waals surface area contributed by atoms with E-state index in [2.05, 4.69) is 4.74 Å². The molecule has 0 aromatic heterocycles. The van der Waals surface area contributed by atoms with Crippen molar-refractivity contribution < 1.29 is 24.2 Å². The van der Waals surface area contributed by atoms with E-state index in [-0.39, 0.29) is 0 Å². The molecule has 0 bridgehead atoms. The van der Waals surface area contributed by atoms with Crippen LogP contribution in [0.15, 0.2) is 36.1 Å². The van der Waals surface area contributed by atoms with Crippen molar-refractivity contribution in [1.29, 1.82) is 0 Å². The van der Waals surface area contributed by atoms with E-state index in [0.29, 0.717) is 17.9 Å². The van der Waals surface area contributed by atoms with Crippen LogP contribution >= 0.6 is 0 Å². The Morgan fingerprint density at radius 1 is 1.28 bits per heavy atom. The van der Waals surface area contributed by atoms with Gasteiger partial charge in [-0.05, 0) is 31.2 Å². The number of ketones is 1. The van der Waals surface area contributed by atoms with Gasteiger partial charge in [-0.1, -0.05) is 0 Å². The normalized spacial score (nSPS) is 10.9. The zero-order valence-corrected chi connectivity index (χ0v) is 10.2. The quantitative estimate of drug-likeness (QED) is 0.374. The molecule has 0 spiro atoms. The number of esters is 1. The standard InChI is InChI=1S/C13H14O5/c1-3-18-10-6-4-9(5-7-10)11(14)8-12(15)13(16)17-2/h4-8,15H,3H2,1-2H3. The lowest BCUT2D eigenvalue weighted by Crippen LogP contribution is -2.07. The van der Waals surface area contributed by atoms with E-state index in [1.165, 1.54) is 0 Å². The van der Waals surface area contributed by atoms with Crippen molar-refractivity contribution in [2.75, 3.05) is 13.7 Å². The monoisotopic (exact) mass is 250 g/mol. The van der Waals surface area contributed by atoms with Crippen LogP contribution in [0.4, 0.5) is 0 Å². The highest BCUT2D eigenvalue weighted by Gasteiger charge is 2.11. The molecule has 1 rings (SSSR count). The Kier molecular flexibility index (Phi) is 4.92. The summed E-state index contributed by atoms with van der Waals surface area (Å²) in [5.41, 5.74) is 0.342. The summed E-state index contributed by atoms with van der Waals surface area (Å²) in [7, 11) is 1.12. The summed E-state index contributed by atoms with van der Waals surface area (Å²) in [5.74, 6) is -1.51. The Bertz CT molecular complexity index is 459. The van der Waals surface area contributed by atoms with Gasteiger partial charge in [0, 0.05) is 11.6 Å². The number of methoxy groups -OCH3 is 1. The number of rotatable bonds is 5. The fourth-order valence-electron chi connectivity index (χ4n) is 1.25. The zero-order valence-electron chi connectivity index (χ0n) is 10.2. The highest BCUT2D eigenvalue weighted by molar-refractivity contribution is 6.07. The molecule has 1 aromatic rings. The van der Waals surface area contributed by atoms with Gasteiger partial charge >= 0.3 is 5.97 Å². The van der Waals surface area contributed by atoms with E-state index in [1.807, 2.05) is 6.92 Å². The summed E-state index contributed by atoms with van der Waals surface area (Å²) in [5, 5.41) is 9.23. The van der Waals surface area contributed by atoms with Crippen molar-refractivity contribution in [1.82, 2.24) is 0 Å². The third-order valence-corrected chi connectivity index (χ3v) is 2.11. The number of allylic oxidation sites excluding steroid dienone is 1. The Labute approximate surface area is 105 Å². The van der Waals surface area contributed by atoms with E-state index in [9.17, 15) is 14.7 Å². The molecule has 5 nitrogen and oxygen atoms in total. The average Bonchev–Trinajstić information content (AvgIpc) is 2.38. The smallest absolute Gasteiger partial charge is 0.373 e. The van der Waals surface area contributed by atoms with E-state index in [1.54, 1.807) is 24.3 Å². The van der Waals surface area contributed by atoms with Crippen LogP contribution in [0, 0.1) is 0 Å². The summed E-state index contributed by atoms with van der Waals surface area (Å²) in [6, 6.07) is 6.38. The Morgan fingerprint density at radius 2 is 1.89 bits per heavy atom. The van der Waals surface area contributed by atoms with Gasteiger partial charge in [-0.2, -0.15) is 0 Å². The van der Waals surface area contributed by atoms with Crippen LogP contribution < -0.4 is 4.74 Å². The van der Waals surface area contributed by atoms with Gasteiger partial charge in [-0.15, -0.1) is 0 Å². The molecule has 0 unspecified atom stereocenters. The molecule has 0 saturated heterocycles. The van der Waals surface area contributed by atoms with E-state index < -0.39 is 17.5 Å². The predicted molar refractivity (Wildman–Crippen MR) is 64.7 cm³/mol. The third kappa shape index (κ3) is 3.62. The van der Waals surface area contributed by atoms with E-state index in [0.717, 1.165) is 13.2 Å². The van der Waals surface area contributed by atoms with Crippen LogP contribution in [0.5, 0.6) is 5.75 Å². The fourth-order valence-corrected chi connectivity index (χ4v) is 1.25. The first-order valence-corrected chi connectivity index (χ1v) is 5.34. The minimum absolute atomic E-state index is 0.342. The second kappa shape index (κ2) is 6.44. The second-order valence-corrected chi connectivity index (χ2v) is 3.34. The number of carbonyl (C=O) groups excluding carboxylic acids is 2. The first-order valence-electron chi connectivity index (χ1n) is 5.34. The first kappa shape index (κ1) is 13.8. The number of aliphatic hydroxyl groups is 1. The maximum Gasteiger partial charge on any atom is 0.373 e. The largest absolute Gasteiger partial charge is 0.502 e. The number of ether oxygens (including phenoxy) is 2. The predicted octanol–water partition coefficient (Wildman–Crippen LogP) is 1.88. The maximum atomic E-state index is 11.7. The molecule has 1 N–H and O–H groups in total. The van der Waals surface area contributed by atoms with E-state index in [4.69, 9.17) is 4.74 Å². The maximum absolute atomic E-state index is 11.7. The summed E-state index contributed by atoms with van der Waals surface area (Å²) < 4.78 is 9.50. The van der Waals surface area contributed by atoms with Crippen LogP contribution in [0.2, 0.25) is 0 Å². The molecule has 18 heavy (non-hydrogen) atoms. The molecule has 96 valence electrons. The summed E-state index contributed by atoms with van der Waals surface area (Å²) in [4.78, 5) is 22.6. The molecule has 0 aliphatic rings. The van der Waals surface area contributed by atoms with Crippen LogP contribution in [-0.2, 0) is 9.53 Å². The number of benzene rings is 1. The summed E-state index contributed by atoms with van der Waals surface area (Å²) in [6.07, 6.45) is 0.821. The second-order valence-electron chi connectivity index (χ2n) is 3.34. The van der Waals surface area contributed by atoms with Crippen molar-refractivity contribution in [3.63, 3.8) is 0 Å². The van der Waals surface area contributed by atoms with Gasteiger partial charge in [-0.3, -0.25) is 4.79 Å². The van der Waals surface area contributed by atoms with Crippen molar-refractivity contribution >= 4 is 11.8 Å². The number of hydrogen-bond acceptors (Lipinski definition) is 5. The molecule has 0 fully saturated rings. The minimum Gasteiger partial charge on any atom is -0.502 e. The van der Waals surface area contributed by atoms with Gasteiger partial charge in [0.1, 0.15) is 5.75 Å². The lowest BCUT2D eigenvalue weighted by Gasteiger charge is -2.03. The number of hydrogen-bond donors (Lipinski definition) is 1. The van der Waals surface area contributed by atoms with Crippen molar-refractivity contribution in [3.8, 4) is 5.75 Å². The van der Waals surface area contributed by atoms with Crippen LogP contribution in [0.25, 0.3) is 0 Å². The number of aliphatic hydroxyl groups excluding tert-OH is 1. The molecule has 0 aliphatic heterocycles. The molecule has 0 saturated carbocycles. The Morgan fingerprint density at radius 3 is 2.39 bits per heavy atom. The van der Waals surface area contributed by atoms with Crippen molar-refractivity contribution in [2.45, 2.75) is 6.92 Å². The van der Waals surface area contributed by atoms with Gasteiger partial charge in [0.2, 0.25) is 5.76 Å². The molecular formula is C13H14O5. The fraction of sp³-hybridized carbons (Fsp3) is 0.231. The zero-order chi connectivity index (χ0) is 13.5. The summed E-state index contributed by atoms with van der Waals surface area (Å²) >= 11 is 0. The van der Waals surface area contributed by atoms with E-state index >= 15 is 0 Å². The van der Waals surface area contributed by atoms with Crippen molar-refractivity contribution in [2.24, 2.45) is 0 Å². The third-order valence-electron chi connectivity index (χ3n) is 2.11. The molecule has 5 heteroatoms. The average molecular weight is 250 g/mol. The van der Waals surface area contributed by atoms with Gasteiger partial charge in [0.05, 0.1) is 13.7 Å². The van der Waals surface area contributed by atoms with Gasteiger partial charge in [-0.25, -0.2) is 4.79 Å². The van der Waals surface area contributed by atoms with Crippen molar-refractivity contribution in [3.05, 3.63) is 41.7 Å². The summed E-state index contributed by atoms with van der Waals surface area (Å²) in [6.45, 7) is 2.40. The molecular weight excluding hydrogens is 236 g/mol. The van der Waals surface area contributed by atoms with Crippen LogP contribution in [0.3, 0.4) is 0 Å². The molecule has 0 aliphatic carbocycles. The van der Waals surface area contributed by atoms with Crippen LogP contribution in [0.1, 0.15) is 17.3 Å². The molecule has 0 amide bonds. The topological polar surface area (TPSA) is 72.8 Å². The minimum atomic E-state index is -0.950. The van der Waals surface area contributed by atoms with Gasteiger partial charge < -0.3 is 14.6 Å². The van der Waals surface area contributed by atoms with Crippen LogP contribution in [-0.4, -0.2) is 30.6 Å². The molecule has 0 radical (unpaired) electrons. The van der Waals surface area contributed by atoms with Gasteiger partial charge in [0.15, 0.2) is 5.78 Å². The SMILES string of the molecule is CCOc1ccc(C(=O)C=C(O)C(=O)OC)cc1. The Hall–Kier alpha value is -2.30.